The molecule has 1 aliphatic carbocycles. The van der Waals surface area contributed by atoms with Gasteiger partial charge in [0.25, 0.3) is 0 Å². The summed E-state index contributed by atoms with van der Waals surface area (Å²) in [6, 6.07) is 6.86. The molecule has 2 aromatic heterocycles. The topological polar surface area (TPSA) is 86.6 Å². The third kappa shape index (κ3) is 4.67. The smallest absolute Gasteiger partial charge is 0.319 e. The number of piperidine rings is 1. The van der Waals surface area contributed by atoms with Crippen molar-refractivity contribution in [2.45, 2.75) is 63.1 Å². The molecular formula is C35H36F2N6O2. The van der Waals surface area contributed by atoms with E-state index in [1.165, 1.54) is 24.3 Å². The van der Waals surface area contributed by atoms with Crippen molar-refractivity contribution in [2.75, 3.05) is 38.2 Å². The average molecular weight is 611 g/mol. The van der Waals surface area contributed by atoms with Gasteiger partial charge in [0.05, 0.1) is 17.6 Å². The van der Waals surface area contributed by atoms with Crippen molar-refractivity contribution in [3.8, 4) is 35.4 Å². The molecule has 0 amide bonds. The molecule has 8 nitrogen and oxygen atoms in total. The average Bonchev–Trinajstić information content (AvgIpc) is 3.63. The Balaban J connectivity index is 1.27. The van der Waals surface area contributed by atoms with E-state index in [1.807, 2.05) is 0 Å². The van der Waals surface area contributed by atoms with E-state index in [1.54, 1.807) is 6.20 Å². The van der Waals surface area contributed by atoms with E-state index in [0.29, 0.717) is 46.7 Å². The maximum absolute atomic E-state index is 16.8. The number of benzene rings is 2. The van der Waals surface area contributed by atoms with Crippen molar-refractivity contribution >= 4 is 27.5 Å². The molecule has 2 aromatic carbocycles. The molecule has 3 saturated heterocycles. The fourth-order valence-electron chi connectivity index (χ4n) is 8.62. The normalized spacial score (nSPS) is 26.4. The summed E-state index contributed by atoms with van der Waals surface area (Å²) in [6.07, 6.45) is 15.0. The van der Waals surface area contributed by atoms with Crippen LogP contribution in [0.25, 0.3) is 32.9 Å². The van der Waals surface area contributed by atoms with Crippen LogP contribution in [0, 0.1) is 29.4 Å². The van der Waals surface area contributed by atoms with Crippen molar-refractivity contribution in [3.63, 3.8) is 0 Å². The Morgan fingerprint density at radius 2 is 1.91 bits per heavy atom. The van der Waals surface area contributed by atoms with Crippen molar-refractivity contribution in [1.29, 1.82) is 0 Å². The number of hydrogen-bond acceptors (Lipinski definition) is 8. The molecule has 10 heteroatoms. The Bertz CT molecular complexity index is 1870. The van der Waals surface area contributed by atoms with Gasteiger partial charge in [-0.3, -0.25) is 4.98 Å². The largest absolute Gasteiger partial charge is 0.508 e. The Morgan fingerprint density at radius 1 is 1.11 bits per heavy atom. The SMILES string of the molecule is C#Cc1c(F)ccc2cc(O)cc(-c3ncc4c(N5CC6CCC(C5)N6)nc(OCC56CCCC5N(C)CCC6)nc4c3F)c12. The standard InChI is InChI=1S/C35H36F2N6O2/c1-3-24-27(36)10-7-20-14-23(44)15-25(29(20)24)31-30(37)32-26(16-38-31)33(43-17-21-8-9-22(18-43)39-21)41-34(40-32)45-19-35-11-4-6-28(35)42(2)13-5-12-35/h1,7,10,14-16,21-22,28,39,44H,4-6,8-9,11-13,17-19H2,2H3. The van der Waals surface area contributed by atoms with Crippen molar-refractivity contribution < 1.29 is 18.6 Å². The van der Waals surface area contributed by atoms with Crippen LogP contribution in [0.5, 0.6) is 11.8 Å². The van der Waals surface area contributed by atoms with Crippen LogP contribution < -0.4 is 15.0 Å². The lowest BCUT2D eigenvalue weighted by Gasteiger charge is -2.44. The number of fused-ring (bicyclic) bond motifs is 5. The summed E-state index contributed by atoms with van der Waals surface area (Å²) in [7, 11) is 2.19. The Labute approximate surface area is 260 Å². The molecule has 2 N–H and O–H groups in total. The van der Waals surface area contributed by atoms with Crippen molar-refractivity contribution in [2.24, 2.45) is 5.41 Å². The second kappa shape index (κ2) is 10.8. The number of phenols is 1. The summed E-state index contributed by atoms with van der Waals surface area (Å²) in [6.45, 7) is 3.04. The first-order valence-electron chi connectivity index (χ1n) is 16.0. The Kier molecular flexibility index (Phi) is 6.80. The zero-order chi connectivity index (χ0) is 30.9. The van der Waals surface area contributed by atoms with Gasteiger partial charge in [0, 0.05) is 53.8 Å². The molecule has 232 valence electrons. The molecule has 8 rings (SSSR count). The minimum absolute atomic E-state index is 0.0182. The highest BCUT2D eigenvalue weighted by Crippen LogP contribution is 2.47. The van der Waals surface area contributed by atoms with Crippen molar-refractivity contribution in [3.05, 3.63) is 47.7 Å². The minimum Gasteiger partial charge on any atom is -0.508 e. The first-order valence-corrected chi connectivity index (χ1v) is 16.0. The summed E-state index contributed by atoms with van der Waals surface area (Å²) in [5.41, 5.74) is 0.192. The molecular weight excluding hydrogens is 574 g/mol. The highest BCUT2D eigenvalue weighted by atomic mass is 19.1. The fraction of sp³-hybridized carbons (Fsp3) is 0.457. The van der Waals surface area contributed by atoms with E-state index in [-0.39, 0.29) is 39.5 Å². The summed E-state index contributed by atoms with van der Waals surface area (Å²) in [5, 5.41) is 15.5. The number of phenolic OH excluding ortho intramolecular Hbond substituents is 1. The van der Waals surface area contributed by atoms with Crippen LogP contribution in [-0.4, -0.2) is 76.4 Å². The summed E-state index contributed by atoms with van der Waals surface area (Å²) >= 11 is 0. The number of aromatic nitrogens is 3. The van der Waals surface area contributed by atoms with Gasteiger partial charge in [-0.15, -0.1) is 6.42 Å². The molecule has 4 fully saturated rings. The van der Waals surface area contributed by atoms with Crippen LogP contribution in [0.4, 0.5) is 14.6 Å². The van der Waals surface area contributed by atoms with Gasteiger partial charge in [-0.2, -0.15) is 9.97 Å². The highest BCUT2D eigenvalue weighted by Gasteiger charge is 2.47. The molecule has 4 aliphatic rings. The van der Waals surface area contributed by atoms with Gasteiger partial charge in [0.15, 0.2) is 5.82 Å². The Hall–Kier alpha value is -4.07. The van der Waals surface area contributed by atoms with Gasteiger partial charge < -0.3 is 25.0 Å². The minimum atomic E-state index is -0.701. The van der Waals surface area contributed by atoms with Crippen LogP contribution in [0.3, 0.4) is 0 Å². The number of ether oxygens (including phenoxy) is 1. The van der Waals surface area contributed by atoms with Crippen LogP contribution in [0.1, 0.15) is 50.5 Å². The number of rotatable bonds is 5. The van der Waals surface area contributed by atoms with E-state index >= 15 is 4.39 Å². The molecule has 4 unspecified atom stereocenters. The predicted molar refractivity (Wildman–Crippen MR) is 169 cm³/mol. The van der Waals surface area contributed by atoms with Gasteiger partial charge in [-0.05, 0) is 75.7 Å². The van der Waals surface area contributed by atoms with E-state index in [9.17, 15) is 9.50 Å². The second-order valence-corrected chi connectivity index (χ2v) is 13.4. The molecule has 0 spiro atoms. The summed E-state index contributed by atoms with van der Waals surface area (Å²) in [4.78, 5) is 18.8. The van der Waals surface area contributed by atoms with E-state index in [2.05, 4.69) is 38.1 Å². The lowest BCUT2D eigenvalue weighted by Crippen LogP contribution is -2.51. The molecule has 0 radical (unpaired) electrons. The number of nitrogens with one attached hydrogen (secondary N) is 1. The number of pyridine rings is 1. The third-order valence-corrected chi connectivity index (χ3v) is 10.7. The molecule has 2 bridgehead atoms. The maximum atomic E-state index is 16.8. The number of aromatic hydroxyl groups is 1. The van der Waals surface area contributed by atoms with E-state index < -0.39 is 11.6 Å². The zero-order valence-corrected chi connectivity index (χ0v) is 25.3. The van der Waals surface area contributed by atoms with Crippen molar-refractivity contribution in [1.82, 2.24) is 25.2 Å². The summed E-state index contributed by atoms with van der Waals surface area (Å²) in [5.74, 6) is 1.58. The molecule has 45 heavy (non-hydrogen) atoms. The van der Waals surface area contributed by atoms with Crippen LogP contribution >= 0.6 is 0 Å². The first kappa shape index (κ1) is 28.4. The van der Waals surface area contributed by atoms with Gasteiger partial charge in [-0.25, -0.2) is 8.78 Å². The quantitative estimate of drug-likeness (QED) is 0.291. The van der Waals surface area contributed by atoms with Gasteiger partial charge in [0.2, 0.25) is 0 Å². The number of likely N-dealkylation sites (tertiary alicyclic amines) is 1. The molecule has 5 heterocycles. The predicted octanol–water partition coefficient (Wildman–Crippen LogP) is 5.39. The highest BCUT2D eigenvalue weighted by molar-refractivity contribution is 6.03. The zero-order valence-electron chi connectivity index (χ0n) is 25.3. The Morgan fingerprint density at radius 3 is 2.71 bits per heavy atom. The second-order valence-electron chi connectivity index (χ2n) is 13.4. The summed E-state index contributed by atoms with van der Waals surface area (Å²) < 4.78 is 38.1. The van der Waals surface area contributed by atoms with Crippen LogP contribution in [-0.2, 0) is 0 Å². The van der Waals surface area contributed by atoms with Crippen LogP contribution in [0.2, 0.25) is 0 Å². The number of anilines is 1. The van der Waals surface area contributed by atoms with Crippen LogP contribution in [0.15, 0.2) is 30.5 Å². The number of nitrogens with zero attached hydrogens (tertiary/aromatic N) is 5. The van der Waals surface area contributed by atoms with Gasteiger partial charge >= 0.3 is 6.01 Å². The lowest BCUT2D eigenvalue weighted by molar-refractivity contribution is 0.0133. The first-order chi connectivity index (χ1) is 21.8. The molecule has 4 aromatic rings. The number of hydrogen-bond donors (Lipinski definition) is 2. The monoisotopic (exact) mass is 610 g/mol. The van der Waals surface area contributed by atoms with E-state index in [4.69, 9.17) is 16.1 Å². The number of halogens is 2. The fourth-order valence-corrected chi connectivity index (χ4v) is 8.62. The number of terminal acetylenes is 1. The van der Waals surface area contributed by atoms with Gasteiger partial charge in [0.1, 0.15) is 28.6 Å². The third-order valence-electron chi connectivity index (χ3n) is 10.7. The van der Waals surface area contributed by atoms with E-state index in [0.717, 1.165) is 64.6 Å². The molecule has 1 saturated carbocycles. The van der Waals surface area contributed by atoms with Gasteiger partial charge in [-0.1, -0.05) is 18.4 Å². The maximum Gasteiger partial charge on any atom is 0.319 e. The molecule has 3 aliphatic heterocycles. The molecule has 4 atom stereocenters. The lowest BCUT2D eigenvalue weighted by atomic mass is 9.76. The number of piperazine rings is 1.